The van der Waals surface area contributed by atoms with Crippen LogP contribution in [0, 0.1) is 10.1 Å². The van der Waals surface area contributed by atoms with E-state index in [0.717, 1.165) is 32.4 Å². The van der Waals surface area contributed by atoms with Crippen LogP contribution in [0.3, 0.4) is 0 Å². The van der Waals surface area contributed by atoms with Gasteiger partial charge in [-0.15, -0.1) is 0 Å². The number of ether oxygens (including phenoxy) is 3. The normalized spacial score (nSPS) is 16.7. The molecule has 31 heavy (non-hydrogen) atoms. The van der Waals surface area contributed by atoms with Crippen molar-refractivity contribution >= 4 is 17.6 Å². The van der Waals surface area contributed by atoms with Crippen LogP contribution in [0.25, 0.3) is 0 Å². The van der Waals surface area contributed by atoms with E-state index in [1.807, 2.05) is 4.90 Å². The van der Waals surface area contributed by atoms with E-state index in [2.05, 4.69) is 0 Å². The number of urea groups is 1. The van der Waals surface area contributed by atoms with Gasteiger partial charge < -0.3 is 28.9 Å². The fourth-order valence-corrected chi connectivity index (χ4v) is 4.04. The third-order valence-corrected chi connectivity index (χ3v) is 5.68. The van der Waals surface area contributed by atoms with Crippen molar-refractivity contribution in [1.82, 2.24) is 14.7 Å². The summed E-state index contributed by atoms with van der Waals surface area (Å²) in [4.78, 5) is 42.1. The summed E-state index contributed by atoms with van der Waals surface area (Å²) in [5, 5.41) is 11.8. The van der Waals surface area contributed by atoms with Gasteiger partial charge in [-0.3, -0.25) is 14.9 Å². The lowest BCUT2D eigenvalue weighted by molar-refractivity contribution is -0.386. The van der Waals surface area contributed by atoms with Crippen molar-refractivity contribution in [3.63, 3.8) is 0 Å². The Morgan fingerprint density at radius 1 is 0.839 bits per heavy atom. The van der Waals surface area contributed by atoms with E-state index in [1.54, 1.807) is 4.90 Å². The summed E-state index contributed by atoms with van der Waals surface area (Å²) >= 11 is 0. The molecule has 0 unspecified atom stereocenters. The quantitative estimate of drug-likeness (QED) is 0.512. The molecule has 0 spiro atoms. The van der Waals surface area contributed by atoms with E-state index >= 15 is 0 Å². The predicted molar refractivity (Wildman–Crippen MR) is 111 cm³/mol. The number of piperazine rings is 1. The lowest BCUT2D eigenvalue weighted by atomic mass is 10.1. The molecule has 2 aliphatic rings. The van der Waals surface area contributed by atoms with Crippen molar-refractivity contribution < 1.29 is 28.7 Å². The molecule has 0 saturated carbocycles. The summed E-state index contributed by atoms with van der Waals surface area (Å²) in [6.07, 6.45) is 3.16. The minimum Gasteiger partial charge on any atom is -0.493 e. The lowest BCUT2D eigenvalue weighted by Gasteiger charge is -2.38. The van der Waals surface area contributed by atoms with E-state index in [0.29, 0.717) is 13.1 Å². The smallest absolute Gasteiger partial charge is 0.327 e. The van der Waals surface area contributed by atoms with E-state index in [4.69, 9.17) is 14.2 Å². The molecule has 0 atom stereocenters. The van der Waals surface area contributed by atoms with Crippen LogP contribution in [0.4, 0.5) is 10.5 Å². The number of hydrogen-bond donors (Lipinski definition) is 0. The number of carbonyl (C=O) groups excluding carboxylic acids is 2. The Bertz CT molecular complexity index is 846. The average molecular weight is 436 g/mol. The van der Waals surface area contributed by atoms with Crippen molar-refractivity contribution in [2.75, 3.05) is 60.6 Å². The van der Waals surface area contributed by atoms with Gasteiger partial charge in [0.05, 0.1) is 26.3 Å². The summed E-state index contributed by atoms with van der Waals surface area (Å²) in [5.41, 5.74) is -0.618. The molecule has 0 N–H and O–H groups in total. The van der Waals surface area contributed by atoms with Crippen molar-refractivity contribution in [2.24, 2.45) is 0 Å². The summed E-state index contributed by atoms with van der Waals surface area (Å²) < 4.78 is 15.6. The molecular weight excluding hydrogens is 408 g/mol. The first-order valence-electron chi connectivity index (χ1n) is 10.2. The number of nitro groups is 1. The maximum absolute atomic E-state index is 13.2. The number of carbonyl (C=O) groups is 2. The second-order valence-corrected chi connectivity index (χ2v) is 7.41. The van der Waals surface area contributed by atoms with Crippen molar-refractivity contribution in [3.8, 4) is 17.2 Å². The molecule has 2 saturated heterocycles. The molecule has 0 aliphatic carbocycles. The summed E-state index contributed by atoms with van der Waals surface area (Å²) in [6.45, 7) is 2.84. The number of piperidine rings is 1. The van der Waals surface area contributed by atoms with Gasteiger partial charge in [0.1, 0.15) is 5.56 Å². The number of hydrogen-bond acceptors (Lipinski definition) is 7. The van der Waals surface area contributed by atoms with Crippen LogP contribution in [0.15, 0.2) is 6.07 Å². The van der Waals surface area contributed by atoms with Gasteiger partial charge in [-0.2, -0.15) is 0 Å². The molecule has 2 fully saturated rings. The average Bonchev–Trinajstić information content (AvgIpc) is 2.82. The zero-order valence-corrected chi connectivity index (χ0v) is 18.1. The predicted octanol–water partition coefficient (Wildman–Crippen LogP) is 1.98. The van der Waals surface area contributed by atoms with E-state index in [9.17, 15) is 19.7 Å². The highest BCUT2D eigenvalue weighted by Gasteiger charge is 2.36. The Labute approximate surface area is 180 Å². The van der Waals surface area contributed by atoms with Gasteiger partial charge in [0, 0.05) is 45.3 Å². The Hall–Kier alpha value is -3.24. The molecule has 170 valence electrons. The molecule has 3 rings (SSSR count). The third-order valence-electron chi connectivity index (χ3n) is 5.68. The molecule has 1 aromatic rings. The molecule has 2 heterocycles. The standard InChI is InChI=1S/C20H28N4O7/c1-29-15-13-14(16(24(27)28)18(31-3)17(15)30-2)19(25)21-9-11-23(12-10-21)20(26)22-7-5-4-6-8-22/h13H,4-12H2,1-3H3. The van der Waals surface area contributed by atoms with Gasteiger partial charge >= 0.3 is 11.7 Å². The first-order chi connectivity index (χ1) is 14.9. The van der Waals surface area contributed by atoms with Gasteiger partial charge in [-0.05, 0) is 19.3 Å². The highest BCUT2D eigenvalue weighted by atomic mass is 16.6. The molecule has 11 heteroatoms. The van der Waals surface area contributed by atoms with Crippen molar-refractivity contribution in [2.45, 2.75) is 19.3 Å². The second-order valence-electron chi connectivity index (χ2n) is 7.41. The topological polar surface area (TPSA) is 115 Å². The molecular formula is C20H28N4O7. The Kier molecular flexibility index (Phi) is 7.03. The van der Waals surface area contributed by atoms with Gasteiger partial charge in [-0.25, -0.2) is 4.79 Å². The highest BCUT2D eigenvalue weighted by Crippen LogP contribution is 2.46. The molecule has 11 nitrogen and oxygen atoms in total. The second kappa shape index (κ2) is 9.71. The zero-order chi connectivity index (χ0) is 22.5. The number of benzene rings is 1. The minimum absolute atomic E-state index is 0.00874. The highest BCUT2D eigenvalue weighted by molar-refractivity contribution is 6.00. The fraction of sp³-hybridized carbons (Fsp3) is 0.600. The monoisotopic (exact) mass is 436 g/mol. The van der Waals surface area contributed by atoms with Gasteiger partial charge in [-0.1, -0.05) is 0 Å². The fourth-order valence-electron chi connectivity index (χ4n) is 4.04. The maximum Gasteiger partial charge on any atom is 0.327 e. The van der Waals surface area contributed by atoms with Crippen LogP contribution in [0.5, 0.6) is 17.2 Å². The van der Waals surface area contributed by atoms with E-state index in [-0.39, 0.29) is 41.9 Å². The first-order valence-corrected chi connectivity index (χ1v) is 10.2. The number of nitrogens with zero attached hydrogens (tertiary/aromatic N) is 4. The number of amides is 3. The first kappa shape index (κ1) is 22.4. The van der Waals surface area contributed by atoms with Gasteiger partial charge in [0.15, 0.2) is 5.75 Å². The van der Waals surface area contributed by atoms with Crippen LogP contribution in [0.2, 0.25) is 0 Å². The summed E-state index contributed by atoms with van der Waals surface area (Å²) in [6, 6.07) is 1.29. The Morgan fingerprint density at radius 2 is 1.39 bits per heavy atom. The number of nitro benzene ring substituents is 1. The Balaban J connectivity index is 1.80. The maximum atomic E-state index is 13.2. The van der Waals surface area contributed by atoms with Crippen LogP contribution >= 0.6 is 0 Å². The molecule has 0 radical (unpaired) electrons. The van der Waals surface area contributed by atoms with Gasteiger partial charge in [0.2, 0.25) is 11.5 Å². The van der Waals surface area contributed by atoms with Crippen LogP contribution in [0.1, 0.15) is 29.6 Å². The molecule has 0 aromatic heterocycles. The van der Waals surface area contributed by atoms with Crippen LogP contribution in [-0.2, 0) is 0 Å². The molecule has 0 bridgehead atoms. The van der Waals surface area contributed by atoms with E-state index in [1.165, 1.54) is 32.3 Å². The third kappa shape index (κ3) is 4.44. The number of likely N-dealkylation sites (tertiary alicyclic amines) is 1. The number of rotatable bonds is 5. The lowest BCUT2D eigenvalue weighted by Crippen LogP contribution is -2.54. The minimum atomic E-state index is -0.663. The molecule has 2 aliphatic heterocycles. The Morgan fingerprint density at radius 3 is 1.90 bits per heavy atom. The van der Waals surface area contributed by atoms with Crippen molar-refractivity contribution in [3.05, 3.63) is 21.7 Å². The molecule has 1 aromatic carbocycles. The largest absolute Gasteiger partial charge is 0.493 e. The summed E-state index contributed by atoms with van der Waals surface area (Å²) in [7, 11) is 3.98. The molecule has 3 amide bonds. The van der Waals surface area contributed by atoms with E-state index < -0.39 is 16.5 Å². The van der Waals surface area contributed by atoms with Crippen molar-refractivity contribution in [1.29, 1.82) is 0 Å². The van der Waals surface area contributed by atoms with Crippen LogP contribution < -0.4 is 14.2 Å². The number of methoxy groups -OCH3 is 3. The van der Waals surface area contributed by atoms with Gasteiger partial charge in [0.25, 0.3) is 5.91 Å². The SMILES string of the molecule is COc1cc(C(=O)N2CCN(C(=O)N3CCCCC3)CC2)c([N+](=O)[O-])c(OC)c1OC. The zero-order valence-electron chi connectivity index (χ0n) is 18.1. The van der Waals surface area contributed by atoms with Crippen LogP contribution in [-0.4, -0.2) is 92.2 Å². The summed E-state index contributed by atoms with van der Waals surface area (Å²) in [5.74, 6) is -0.484.